The van der Waals surface area contributed by atoms with Crippen LogP contribution >= 0.6 is 11.6 Å². The van der Waals surface area contributed by atoms with E-state index in [1.165, 1.54) is 0 Å². The fourth-order valence-electron chi connectivity index (χ4n) is 1.58. The number of oxazole rings is 1. The molecule has 3 N–H and O–H groups in total. The molecule has 94 valence electrons. The highest BCUT2D eigenvalue weighted by Crippen LogP contribution is 2.28. The molecular weight excluding hydrogens is 254 g/mol. The van der Waals surface area contributed by atoms with Crippen LogP contribution in [-0.4, -0.2) is 10.9 Å². The molecule has 0 atom stereocenters. The number of aryl methyl sites for hydroxylation is 2. The number of nitrogens with zero attached hydrogens (tertiary/aromatic N) is 1. The van der Waals surface area contributed by atoms with Gasteiger partial charge in [-0.2, -0.15) is 0 Å². The lowest BCUT2D eigenvalue weighted by Crippen LogP contribution is -2.14. The normalized spacial score (nSPS) is 10.4. The van der Waals surface area contributed by atoms with Crippen LogP contribution in [0.3, 0.4) is 0 Å². The molecule has 0 saturated carbocycles. The molecule has 0 aliphatic heterocycles. The molecule has 0 aliphatic carbocycles. The number of halogens is 1. The minimum atomic E-state index is -0.423. The molecule has 2 rings (SSSR count). The molecule has 1 aromatic heterocycles. The van der Waals surface area contributed by atoms with Crippen molar-refractivity contribution in [2.75, 3.05) is 11.1 Å². The first-order valence-electron chi connectivity index (χ1n) is 5.28. The number of para-hydroxylation sites is 1. The zero-order valence-corrected chi connectivity index (χ0v) is 10.7. The van der Waals surface area contributed by atoms with E-state index in [0.717, 1.165) is 0 Å². The average molecular weight is 266 g/mol. The Morgan fingerprint density at radius 1 is 1.44 bits per heavy atom. The quantitative estimate of drug-likeness (QED) is 0.818. The molecule has 0 saturated heterocycles. The first-order valence-corrected chi connectivity index (χ1v) is 5.66. The molecule has 2 aromatic rings. The van der Waals surface area contributed by atoms with Gasteiger partial charge in [-0.1, -0.05) is 17.7 Å². The van der Waals surface area contributed by atoms with Gasteiger partial charge in [0, 0.05) is 6.92 Å². The van der Waals surface area contributed by atoms with Crippen LogP contribution in [0.15, 0.2) is 22.6 Å². The Morgan fingerprint density at radius 3 is 2.72 bits per heavy atom. The minimum absolute atomic E-state index is 0.159. The molecular formula is C12H12ClN3O2. The third-order valence-corrected chi connectivity index (χ3v) is 2.71. The summed E-state index contributed by atoms with van der Waals surface area (Å²) in [6, 6.07) is 5.00. The van der Waals surface area contributed by atoms with Crippen molar-refractivity contribution < 1.29 is 9.21 Å². The first kappa shape index (κ1) is 12.4. The molecule has 0 spiro atoms. The maximum atomic E-state index is 12.0. The van der Waals surface area contributed by atoms with Gasteiger partial charge in [0.15, 0.2) is 5.89 Å². The van der Waals surface area contributed by atoms with E-state index < -0.39 is 5.91 Å². The molecule has 1 heterocycles. The molecule has 18 heavy (non-hydrogen) atoms. The maximum Gasteiger partial charge on any atom is 0.293 e. The van der Waals surface area contributed by atoms with E-state index in [1.807, 2.05) is 0 Å². The van der Waals surface area contributed by atoms with Crippen LogP contribution in [0.1, 0.15) is 22.1 Å². The van der Waals surface area contributed by atoms with Crippen LogP contribution in [0.2, 0.25) is 5.02 Å². The lowest BCUT2D eigenvalue weighted by atomic mass is 10.2. The molecule has 0 fully saturated rings. The van der Waals surface area contributed by atoms with Gasteiger partial charge in [-0.3, -0.25) is 4.79 Å². The van der Waals surface area contributed by atoms with Gasteiger partial charge in [-0.15, -0.1) is 0 Å². The number of nitrogens with two attached hydrogens (primary N) is 1. The van der Waals surface area contributed by atoms with Gasteiger partial charge in [-0.05, 0) is 19.1 Å². The Kier molecular flexibility index (Phi) is 3.25. The predicted octanol–water partition coefficient (Wildman–Crippen LogP) is 2.78. The van der Waals surface area contributed by atoms with Crippen LogP contribution in [0.25, 0.3) is 0 Å². The third-order valence-electron chi connectivity index (χ3n) is 2.39. The van der Waals surface area contributed by atoms with Crippen molar-refractivity contribution in [1.82, 2.24) is 4.98 Å². The molecule has 5 nitrogen and oxygen atoms in total. The highest BCUT2D eigenvalue weighted by molar-refractivity contribution is 6.34. The Hall–Kier alpha value is -2.01. The maximum absolute atomic E-state index is 12.0. The number of carbonyl (C=O) groups is 1. The van der Waals surface area contributed by atoms with E-state index in [-0.39, 0.29) is 5.76 Å². The molecule has 1 aromatic carbocycles. The van der Waals surface area contributed by atoms with Crippen LogP contribution < -0.4 is 11.1 Å². The summed E-state index contributed by atoms with van der Waals surface area (Å²) < 4.78 is 5.22. The fraction of sp³-hybridized carbons (Fsp3) is 0.167. The van der Waals surface area contributed by atoms with E-state index in [0.29, 0.717) is 28.0 Å². The lowest BCUT2D eigenvalue weighted by molar-refractivity contribution is 0.0994. The van der Waals surface area contributed by atoms with Crippen LogP contribution in [0, 0.1) is 13.8 Å². The summed E-state index contributed by atoms with van der Waals surface area (Å²) in [7, 11) is 0. The molecule has 1 amide bonds. The summed E-state index contributed by atoms with van der Waals surface area (Å²) in [6.45, 7) is 3.37. The monoisotopic (exact) mass is 265 g/mol. The molecule has 0 aliphatic rings. The summed E-state index contributed by atoms with van der Waals surface area (Å²) >= 11 is 5.97. The van der Waals surface area contributed by atoms with E-state index in [9.17, 15) is 4.79 Å². The second kappa shape index (κ2) is 4.70. The highest BCUT2D eigenvalue weighted by Gasteiger charge is 2.17. The van der Waals surface area contributed by atoms with Gasteiger partial charge in [-0.25, -0.2) is 4.98 Å². The number of hydrogen-bond acceptors (Lipinski definition) is 4. The standard InChI is InChI=1S/C12H12ClN3O2/c1-6-11(18-7(2)15-6)12(17)16-10-8(13)4-3-5-9(10)14/h3-5H,14H2,1-2H3,(H,16,17). The Balaban J connectivity index is 2.30. The second-order valence-electron chi connectivity index (χ2n) is 3.81. The van der Waals surface area contributed by atoms with Crippen molar-refractivity contribution in [3.05, 3.63) is 40.6 Å². The fourth-order valence-corrected chi connectivity index (χ4v) is 1.81. The lowest BCUT2D eigenvalue weighted by Gasteiger charge is -2.08. The van der Waals surface area contributed by atoms with E-state index in [2.05, 4.69) is 10.3 Å². The molecule has 0 radical (unpaired) electrons. The smallest absolute Gasteiger partial charge is 0.293 e. The number of benzene rings is 1. The van der Waals surface area contributed by atoms with Gasteiger partial charge in [0.2, 0.25) is 5.76 Å². The van der Waals surface area contributed by atoms with Gasteiger partial charge in [0.05, 0.1) is 22.1 Å². The largest absolute Gasteiger partial charge is 0.436 e. The topological polar surface area (TPSA) is 81.2 Å². The van der Waals surface area contributed by atoms with Crippen LogP contribution in [-0.2, 0) is 0 Å². The number of amides is 1. The summed E-state index contributed by atoms with van der Waals surface area (Å²) in [5, 5.41) is 2.99. The molecule has 0 unspecified atom stereocenters. The van der Waals surface area contributed by atoms with Crippen molar-refractivity contribution in [2.45, 2.75) is 13.8 Å². The minimum Gasteiger partial charge on any atom is -0.436 e. The number of rotatable bonds is 2. The van der Waals surface area contributed by atoms with Crippen LogP contribution in [0.4, 0.5) is 11.4 Å². The number of anilines is 2. The number of carbonyl (C=O) groups excluding carboxylic acids is 1. The second-order valence-corrected chi connectivity index (χ2v) is 4.21. The highest BCUT2D eigenvalue weighted by atomic mass is 35.5. The van der Waals surface area contributed by atoms with Gasteiger partial charge >= 0.3 is 0 Å². The number of nitrogens with one attached hydrogen (secondary N) is 1. The van der Waals surface area contributed by atoms with Crippen molar-refractivity contribution in [2.24, 2.45) is 0 Å². The molecule has 0 bridgehead atoms. The van der Waals surface area contributed by atoms with Crippen LogP contribution in [0.5, 0.6) is 0 Å². The Morgan fingerprint density at radius 2 is 2.17 bits per heavy atom. The van der Waals surface area contributed by atoms with Crippen molar-refractivity contribution in [3.8, 4) is 0 Å². The SMILES string of the molecule is Cc1nc(C)c(C(=O)Nc2c(N)cccc2Cl)o1. The predicted molar refractivity (Wildman–Crippen MR) is 69.8 cm³/mol. The summed E-state index contributed by atoms with van der Waals surface area (Å²) in [6.07, 6.45) is 0. The van der Waals surface area contributed by atoms with E-state index in [1.54, 1.807) is 32.0 Å². The first-order chi connectivity index (χ1) is 8.49. The zero-order chi connectivity index (χ0) is 13.3. The Bertz CT molecular complexity index is 587. The Labute approximate surface area is 109 Å². The number of aromatic nitrogens is 1. The van der Waals surface area contributed by atoms with Crippen molar-refractivity contribution >= 4 is 28.9 Å². The van der Waals surface area contributed by atoms with Crippen molar-refractivity contribution in [3.63, 3.8) is 0 Å². The van der Waals surface area contributed by atoms with E-state index >= 15 is 0 Å². The third kappa shape index (κ3) is 2.31. The van der Waals surface area contributed by atoms with Gasteiger partial charge < -0.3 is 15.5 Å². The average Bonchev–Trinajstić information content (AvgIpc) is 2.63. The van der Waals surface area contributed by atoms with Gasteiger partial charge in [0.1, 0.15) is 0 Å². The molecule has 6 heteroatoms. The summed E-state index contributed by atoms with van der Waals surface area (Å²) in [5.74, 6) is 0.171. The number of hydrogen-bond donors (Lipinski definition) is 2. The van der Waals surface area contributed by atoms with Crippen molar-refractivity contribution in [1.29, 1.82) is 0 Å². The summed E-state index contributed by atoms with van der Waals surface area (Å²) in [4.78, 5) is 16.0. The van der Waals surface area contributed by atoms with E-state index in [4.69, 9.17) is 21.8 Å². The van der Waals surface area contributed by atoms with Gasteiger partial charge in [0.25, 0.3) is 5.91 Å². The number of nitrogen functional groups attached to an aromatic ring is 1. The summed E-state index contributed by atoms with van der Waals surface area (Å²) in [5.41, 5.74) is 7.04. The zero-order valence-electron chi connectivity index (χ0n) is 9.95.